The fraction of sp³-hybridized carbons (Fsp3) is 0.0556. The number of pyridine rings is 1. The van der Waals surface area contributed by atoms with Crippen LogP contribution in [-0.2, 0) is 7.05 Å². The molecule has 0 unspecified atom stereocenters. The zero-order valence-corrected chi connectivity index (χ0v) is 14.1. The number of aryl methyl sites for hydroxylation is 1. The fourth-order valence-electron chi connectivity index (χ4n) is 2.58. The third-order valence-electron chi connectivity index (χ3n) is 3.92. The molecule has 4 rings (SSSR count). The molecular weight excluding hydrogens is 350 g/mol. The number of hydrogen-bond acceptors (Lipinski definition) is 6. The lowest BCUT2D eigenvalue weighted by Crippen LogP contribution is -2.15. The highest BCUT2D eigenvalue weighted by atomic mass is 16.4. The summed E-state index contributed by atoms with van der Waals surface area (Å²) >= 11 is 0. The number of hydrogen-bond donors (Lipinski definition) is 2. The maximum atomic E-state index is 12.3. The van der Waals surface area contributed by atoms with Crippen molar-refractivity contribution < 1.29 is 19.1 Å². The van der Waals surface area contributed by atoms with Gasteiger partial charge in [0.25, 0.3) is 5.91 Å². The van der Waals surface area contributed by atoms with E-state index in [1.54, 1.807) is 42.2 Å². The standard InChI is InChI=1S/C18H13N5O4/c1-23-9-19-8-14(23)16(24)21-11-2-3-15-12(7-11)22-17(27-15)10-4-5-20-13(6-10)18(25)26/h2-9H,1H3,(H,21,24)(H,25,26). The van der Waals surface area contributed by atoms with Crippen LogP contribution in [0.2, 0.25) is 0 Å². The Balaban J connectivity index is 1.64. The van der Waals surface area contributed by atoms with Gasteiger partial charge < -0.3 is 19.4 Å². The monoisotopic (exact) mass is 363 g/mol. The van der Waals surface area contributed by atoms with Crippen LogP contribution in [0.25, 0.3) is 22.6 Å². The van der Waals surface area contributed by atoms with E-state index in [0.29, 0.717) is 28.0 Å². The number of carboxylic acids is 1. The first-order valence-electron chi connectivity index (χ1n) is 7.89. The molecule has 2 N–H and O–H groups in total. The van der Waals surface area contributed by atoms with E-state index in [9.17, 15) is 9.59 Å². The molecule has 0 spiro atoms. The van der Waals surface area contributed by atoms with Crippen LogP contribution in [0, 0.1) is 0 Å². The Bertz CT molecular complexity index is 1180. The van der Waals surface area contributed by atoms with Crippen LogP contribution in [0.4, 0.5) is 5.69 Å². The summed E-state index contributed by atoms with van der Waals surface area (Å²) < 4.78 is 7.30. The van der Waals surface area contributed by atoms with E-state index in [2.05, 4.69) is 20.3 Å². The molecule has 3 aromatic heterocycles. The predicted octanol–water partition coefficient (Wildman–Crippen LogP) is 2.57. The van der Waals surface area contributed by atoms with Crippen molar-refractivity contribution in [2.45, 2.75) is 0 Å². The first-order chi connectivity index (χ1) is 13.0. The molecule has 9 nitrogen and oxygen atoms in total. The van der Waals surface area contributed by atoms with Crippen molar-refractivity contribution in [1.29, 1.82) is 0 Å². The van der Waals surface area contributed by atoms with Gasteiger partial charge in [0.15, 0.2) is 5.58 Å². The Hall–Kier alpha value is -4.01. The van der Waals surface area contributed by atoms with E-state index in [1.165, 1.54) is 18.5 Å². The SMILES string of the molecule is Cn1cncc1C(=O)Nc1ccc2oc(-c3ccnc(C(=O)O)c3)nc2c1. The van der Waals surface area contributed by atoms with Crippen molar-refractivity contribution in [3.8, 4) is 11.5 Å². The normalized spacial score (nSPS) is 10.9. The summed E-state index contributed by atoms with van der Waals surface area (Å²) in [6.45, 7) is 0. The number of imidazole rings is 1. The quantitative estimate of drug-likeness (QED) is 0.571. The van der Waals surface area contributed by atoms with Crippen LogP contribution < -0.4 is 5.32 Å². The second-order valence-electron chi connectivity index (χ2n) is 5.78. The summed E-state index contributed by atoms with van der Waals surface area (Å²) in [4.78, 5) is 35.4. The van der Waals surface area contributed by atoms with Crippen LogP contribution in [0.5, 0.6) is 0 Å². The zero-order chi connectivity index (χ0) is 19.0. The van der Waals surface area contributed by atoms with E-state index in [1.807, 2.05) is 0 Å². The van der Waals surface area contributed by atoms with Gasteiger partial charge in [0, 0.05) is 24.5 Å². The van der Waals surface area contributed by atoms with E-state index in [0.717, 1.165) is 0 Å². The number of oxazole rings is 1. The third-order valence-corrected chi connectivity index (χ3v) is 3.92. The Morgan fingerprint density at radius 3 is 2.81 bits per heavy atom. The number of carboxylic acid groups (broad SMARTS) is 1. The molecule has 0 aliphatic rings. The lowest BCUT2D eigenvalue weighted by molar-refractivity contribution is 0.0690. The van der Waals surface area contributed by atoms with Crippen molar-refractivity contribution in [2.75, 3.05) is 5.32 Å². The molecule has 27 heavy (non-hydrogen) atoms. The summed E-state index contributed by atoms with van der Waals surface area (Å²) in [7, 11) is 1.73. The van der Waals surface area contributed by atoms with Crippen LogP contribution in [0.15, 0.2) is 53.5 Å². The Labute approximate surface area is 152 Å². The number of carbonyl (C=O) groups is 2. The molecule has 0 bridgehead atoms. The fourth-order valence-corrected chi connectivity index (χ4v) is 2.58. The van der Waals surface area contributed by atoms with Gasteiger partial charge in [-0.2, -0.15) is 0 Å². The van der Waals surface area contributed by atoms with Crippen LogP contribution in [0.1, 0.15) is 21.0 Å². The number of nitrogens with one attached hydrogen (secondary N) is 1. The number of aromatic nitrogens is 4. The van der Waals surface area contributed by atoms with Gasteiger partial charge in [0.1, 0.15) is 16.9 Å². The topological polar surface area (TPSA) is 123 Å². The molecule has 0 aliphatic carbocycles. The van der Waals surface area contributed by atoms with E-state index in [-0.39, 0.29) is 17.5 Å². The van der Waals surface area contributed by atoms with Gasteiger partial charge in [-0.05, 0) is 30.3 Å². The van der Waals surface area contributed by atoms with Gasteiger partial charge in [0.2, 0.25) is 5.89 Å². The number of fused-ring (bicyclic) bond motifs is 1. The molecule has 0 aliphatic heterocycles. The van der Waals surface area contributed by atoms with Gasteiger partial charge in [-0.3, -0.25) is 4.79 Å². The van der Waals surface area contributed by atoms with E-state index < -0.39 is 5.97 Å². The molecule has 1 amide bonds. The molecule has 9 heteroatoms. The lowest BCUT2D eigenvalue weighted by atomic mass is 10.2. The van der Waals surface area contributed by atoms with E-state index in [4.69, 9.17) is 9.52 Å². The molecule has 134 valence electrons. The smallest absolute Gasteiger partial charge is 0.354 e. The number of anilines is 1. The molecule has 0 atom stereocenters. The number of benzene rings is 1. The van der Waals surface area contributed by atoms with Crippen LogP contribution >= 0.6 is 0 Å². The summed E-state index contributed by atoms with van der Waals surface area (Å²) in [6.07, 6.45) is 4.40. The average Bonchev–Trinajstić information content (AvgIpc) is 3.27. The molecule has 3 heterocycles. The van der Waals surface area contributed by atoms with Crippen molar-refractivity contribution in [1.82, 2.24) is 19.5 Å². The molecule has 1 aromatic carbocycles. The second-order valence-corrected chi connectivity index (χ2v) is 5.78. The molecular formula is C18H13N5O4. The number of aromatic carboxylic acids is 1. The van der Waals surface area contributed by atoms with Gasteiger partial charge in [-0.1, -0.05) is 0 Å². The van der Waals surface area contributed by atoms with Crippen molar-refractivity contribution in [3.05, 3.63) is 60.4 Å². The Morgan fingerprint density at radius 2 is 2.07 bits per heavy atom. The zero-order valence-electron chi connectivity index (χ0n) is 14.1. The number of nitrogens with zero attached hydrogens (tertiary/aromatic N) is 4. The van der Waals surface area contributed by atoms with Gasteiger partial charge >= 0.3 is 5.97 Å². The van der Waals surface area contributed by atoms with Crippen molar-refractivity contribution in [2.24, 2.45) is 7.05 Å². The largest absolute Gasteiger partial charge is 0.477 e. The summed E-state index contributed by atoms with van der Waals surface area (Å²) in [5.74, 6) is -1.16. The molecule has 0 fully saturated rings. The van der Waals surface area contributed by atoms with Gasteiger partial charge in [-0.25, -0.2) is 19.7 Å². The highest BCUT2D eigenvalue weighted by molar-refractivity contribution is 6.03. The van der Waals surface area contributed by atoms with Crippen molar-refractivity contribution in [3.63, 3.8) is 0 Å². The Kier molecular flexibility index (Phi) is 3.88. The molecule has 4 aromatic rings. The number of amides is 1. The van der Waals surface area contributed by atoms with Crippen LogP contribution in [0.3, 0.4) is 0 Å². The molecule has 0 saturated carbocycles. The Morgan fingerprint density at radius 1 is 1.22 bits per heavy atom. The first-order valence-corrected chi connectivity index (χ1v) is 7.89. The number of rotatable bonds is 4. The van der Waals surface area contributed by atoms with Gasteiger partial charge in [-0.15, -0.1) is 0 Å². The molecule has 0 radical (unpaired) electrons. The van der Waals surface area contributed by atoms with Gasteiger partial charge in [0.05, 0.1) is 12.5 Å². The van der Waals surface area contributed by atoms with E-state index >= 15 is 0 Å². The first kappa shape index (κ1) is 16.5. The third kappa shape index (κ3) is 3.13. The maximum Gasteiger partial charge on any atom is 0.354 e. The van der Waals surface area contributed by atoms with Crippen LogP contribution in [-0.4, -0.2) is 36.5 Å². The second kappa shape index (κ2) is 6.37. The minimum atomic E-state index is -1.13. The minimum absolute atomic E-state index is 0.0983. The summed E-state index contributed by atoms with van der Waals surface area (Å²) in [6, 6.07) is 8.06. The summed E-state index contributed by atoms with van der Waals surface area (Å²) in [5, 5.41) is 11.8. The lowest BCUT2D eigenvalue weighted by Gasteiger charge is -2.04. The highest BCUT2D eigenvalue weighted by Crippen LogP contribution is 2.26. The average molecular weight is 363 g/mol. The van der Waals surface area contributed by atoms with Crippen molar-refractivity contribution >= 4 is 28.7 Å². The minimum Gasteiger partial charge on any atom is -0.477 e. The maximum absolute atomic E-state index is 12.3. The summed E-state index contributed by atoms with van der Waals surface area (Å²) in [5.41, 5.74) is 2.42. The number of carbonyl (C=O) groups excluding carboxylic acids is 1. The highest BCUT2D eigenvalue weighted by Gasteiger charge is 2.14. The molecule has 0 saturated heterocycles. The predicted molar refractivity (Wildman–Crippen MR) is 95.4 cm³/mol.